The Bertz CT molecular complexity index is 300. The SMILES string of the molecule is CCNCCCNc1nnc(C)c(C)n1. The van der Waals surface area contributed by atoms with Gasteiger partial charge in [0.1, 0.15) is 0 Å². The average Bonchev–Trinajstić information content (AvgIpc) is 2.23. The lowest BCUT2D eigenvalue weighted by molar-refractivity contribution is 0.686. The number of hydrogen-bond acceptors (Lipinski definition) is 5. The Morgan fingerprint density at radius 2 is 1.87 bits per heavy atom. The number of aromatic nitrogens is 3. The molecule has 0 aliphatic carbocycles. The maximum absolute atomic E-state index is 4.29. The molecule has 1 heterocycles. The Hall–Kier alpha value is -1.23. The van der Waals surface area contributed by atoms with Gasteiger partial charge in [-0.1, -0.05) is 6.92 Å². The minimum absolute atomic E-state index is 0.620. The second-order valence-corrected chi connectivity index (χ2v) is 3.44. The maximum atomic E-state index is 4.29. The fraction of sp³-hybridized carbons (Fsp3) is 0.700. The third kappa shape index (κ3) is 4.20. The van der Waals surface area contributed by atoms with E-state index in [0.29, 0.717) is 5.95 Å². The lowest BCUT2D eigenvalue weighted by Gasteiger charge is -2.05. The molecule has 1 aromatic rings. The molecular formula is C10H19N5. The van der Waals surface area contributed by atoms with E-state index in [0.717, 1.165) is 37.4 Å². The minimum atomic E-state index is 0.620. The molecule has 5 heteroatoms. The molecule has 0 atom stereocenters. The summed E-state index contributed by atoms with van der Waals surface area (Å²) < 4.78 is 0. The number of hydrogen-bond donors (Lipinski definition) is 2. The smallest absolute Gasteiger partial charge is 0.242 e. The first kappa shape index (κ1) is 11.8. The highest BCUT2D eigenvalue weighted by molar-refractivity contribution is 5.24. The number of anilines is 1. The first-order valence-electron chi connectivity index (χ1n) is 5.36. The van der Waals surface area contributed by atoms with Gasteiger partial charge in [-0.05, 0) is 33.4 Å². The molecule has 0 bridgehead atoms. The van der Waals surface area contributed by atoms with Crippen molar-refractivity contribution in [1.82, 2.24) is 20.5 Å². The predicted octanol–water partition coefficient (Wildman–Crippen LogP) is 0.900. The zero-order valence-electron chi connectivity index (χ0n) is 9.67. The van der Waals surface area contributed by atoms with E-state index in [2.05, 4.69) is 32.7 Å². The van der Waals surface area contributed by atoms with Crippen molar-refractivity contribution in [2.24, 2.45) is 0 Å². The van der Waals surface area contributed by atoms with E-state index in [1.165, 1.54) is 0 Å². The van der Waals surface area contributed by atoms with Gasteiger partial charge >= 0.3 is 0 Å². The third-order valence-corrected chi connectivity index (χ3v) is 2.16. The van der Waals surface area contributed by atoms with Crippen molar-refractivity contribution in [1.29, 1.82) is 0 Å². The average molecular weight is 209 g/mol. The van der Waals surface area contributed by atoms with Crippen LogP contribution in [0, 0.1) is 13.8 Å². The lowest BCUT2D eigenvalue weighted by Crippen LogP contribution is -2.18. The molecule has 5 nitrogen and oxygen atoms in total. The molecule has 0 aromatic carbocycles. The quantitative estimate of drug-likeness (QED) is 0.682. The zero-order chi connectivity index (χ0) is 11.1. The molecule has 0 unspecified atom stereocenters. The van der Waals surface area contributed by atoms with Gasteiger partial charge in [0.2, 0.25) is 5.95 Å². The van der Waals surface area contributed by atoms with Gasteiger partial charge in [-0.15, -0.1) is 5.10 Å². The highest BCUT2D eigenvalue weighted by Gasteiger charge is 1.99. The summed E-state index contributed by atoms with van der Waals surface area (Å²) in [4.78, 5) is 4.29. The molecule has 0 aliphatic heterocycles. The molecule has 0 saturated carbocycles. The molecule has 84 valence electrons. The standard InChI is InChI=1S/C10H19N5/c1-4-11-6-5-7-12-10-13-8(2)9(3)14-15-10/h11H,4-7H2,1-3H3,(H,12,13,15). The second-order valence-electron chi connectivity index (χ2n) is 3.44. The summed E-state index contributed by atoms with van der Waals surface area (Å²) in [5.41, 5.74) is 1.81. The molecule has 0 amide bonds. The van der Waals surface area contributed by atoms with Crippen molar-refractivity contribution in [3.05, 3.63) is 11.4 Å². The van der Waals surface area contributed by atoms with E-state index in [-0.39, 0.29) is 0 Å². The van der Waals surface area contributed by atoms with Crippen LogP contribution in [-0.4, -0.2) is 34.8 Å². The summed E-state index contributed by atoms with van der Waals surface area (Å²) in [5.74, 6) is 0.620. The van der Waals surface area contributed by atoms with Crippen molar-refractivity contribution in [3.8, 4) is 0 Å². The summed E-state index contributed by atoms with van der Waals surface area (Å²) in [6, 6.07) is 0. The van der Waals surface area contributed by atoms with Gasteiger partial charge in [-0.3, -0.25) is 0 Å². The van der Waals surface area contributed by atoms with Crippen LogP contribution in [0.5, 0.6) is 0 Å². The Morgan fingerprint density at radius 3 is 2.53 bits per heavy atom. The Balaban J connectivity index is 2.28. The highest BCUT2D eigenvalue weighted by atomic mass is 15.2. The van der Waals surface area contributed by atoms with E-state index in [4.69, 9.17) is 0 Å². The van der Waals surface area contributed by atoms with Crippen molar-refractivity contribution in [2.75, 3.05) is 25.0 Å². The van der Waals surface area contributed by atoms with Crippen molar-refractivity contribution in [3.63, 3.8) is 0 Å². The molecule has 0 spiro atoms. The fourth-order valence-corrected chi connectivity index (χ4v) is 1.12. The first-order chi connectivity index (χ1) is 7.24. The lowest BCUT2D eigenvalue weighted by atomic mass is 10.4. The number of nitrogens with zero attached hydrogens (tertiary/aromatic N) is 3. The summed E-state index contributed by atoms with van der Waals surface area (Å²) in [6.07, 6.45) is 1.06. The molecule has 0 radical (unpaired) electrons. The summed E-state index contributed by atoms with van der Waals surface area (Å²) in [5, 5.41) is 14.4. The molecule has 1 aromatic heterocycles. The molecule has 0 fully saturated rings. The van der Waals surface area contributed by atoms with Crippen molar-refractivity contribution in [2.45, 2.75) is 27.2 Å². The van der Waals surface area contributed by atoms with Crippen LogP contribution >= 0.6 is 0 Å². The third-order valence-electron chi connectivity index (χ3n) is 2.16. The molecule has 1 rings (SSSR count). The molecule has 2 N–H and O–H groups in total. The van der Waals surface area contributed by atoms with Crippen LogP contribution in [-0.2, 0) is 0 Å². The Kier molecular flexibility index (Phi) is 4.97. The van der Waals surface area contributed by atoms with E-state index < -0.39 is 0 Å². The highest BCUT2D eigenvalue weighted by Crippen LogP contribution is 2.01. The monoisotopic (exact) mass is 209 g/mol. The van der Waals surface area contributed by atoms with Gasteiger partial charge in [0, 0.05) is 6.54 Å². The van der Waals surface area contributed by atoms with Crippen LogP contribution in [0.2, 0.25) is 0 Å². The number of rotatable bonds is 6. The topological polar surface area (TPSA) is 62.7 Å². The normalized spacial score (nSPS) is 10.3. The first-order valence-corrected chi connectivity index (χ1v) is 5.36. The van der Waals surface area contributed by atoms with Gasteiger partial charge in [-0.25, -0.2) is 4.98 Å². The molecule has 0 saturated heterocycles. The van der Waals surface area contributed by atoms with Crippen LogP contribution in [0.25, 0.3) is 0 Å². The van der Waals surface area contributed by atoms with Crippen LogP contribution < -0.4 is 10.6 Å². The fourth-order valence-electron chi connectivity index (χ4n) is 1.12. The van der Waals surface area contributed by atoms with Gasteiger partial charge in [0.15, 0.2) is 0 Å². The Morgan fingerprint density at radius 1 is 1.07 bits per heavy atom. The zero-order valence-corrected chi connectivity index (χ0v) is 9.67. The molecular weight excluding hydrogens is 190 g/mol. The number of nitrogens with one attached hydrogen (secondary N) is 2. The van der Waals surface area contributed by atoms with E-state index in [1.54, 1.807) is 0 Å². The maximum Gasteiger partial charge on any atom is 0.242 e. The summed E-state index contributed by atoms with van der Waals surface area (Å²) in [7, 11) is 0. The predicted molar refractivity (Wildman–Crippen MR) is 61.0 cm³/mol. The van der Waals surface area contributed by atoms with Crippen LogP contribution in [0.3, 0.4) is 0 Å². The van der Waals surface area contributed by atoms with Gasteiger partial charge in [-0.2, -0.15) is 5.10 Å². The molecule has 15 heavy (non-hydrogen) atoms. The van der Waals surface area contributed by atoms with Gasteiger partial charge < -0.3 is 10.6 Å². The largest absolute Gasteiger partial charge is 0.353 e. The van der Waals surface area contributed by atoms with E-state index in [9.17, 15) is 0 Å². The van der Waals surface area contributed by atoms with Gasteiger partial charge in [0.05, 0.1) is 11.4 Å². The van der Waals surface area contributed by atoms with Crippen LogP contribution in [0.15, 0.2) is 0 Å². The van der Waals surface area contributed by atoms with Crippen molar-refractivity contribution >= 4 is 5.95 Å². The second kappa shape index (κ2) is 6.29. The van der Waals surface area contributed by atoms with Gasteiger partial charge in [0.25, 0.3) is 0 Å². The van der Waals surface area contributed by atoms with E-state index in [1.807, 2.05) is 13.8 Å². The minimum Gasteiger partial charge on any atom is -0.353 e. The summed E-state index contributed by atoms with van der Waals surface area (Å²) >= 11 is 0. The molecule has 0 aliphatic rings. The summed E-state index contributed by atoms with van der Waals surface area (Å²) in [6.45, 7) is 8.85. The Labute approximate surface area is 90.7 Å². The van der Waals surface area contributed by atoms with Crippen LogP contribution in [0.1, 0.15) is 24.7 Å². The van der Waals surface area contributed by atoms with E-state index >= 15 is 0 Å². The van der Waals surface area contributed by atoms with Crippen molar-refractivity contribution < 1.29 is 0 Å². The van der Waals surface area contributed by atoms with Crippen LogP contribution in [0.4, 0.5) is 5.95 Å². The number of aryl methyl sites for hydroxylation is 2.